The zero-order chi connectivity index (χ0) is 11.7. The van der Waals surface area contributed by atoms with Gasteiger partial charge in [0.1, 0.15) is 0 Å². The molecule has 1 N–H and O–H groups in total. The van der Waals surface area contributed by atoms with Gasteiger partial charge in [0.05, 0.1) is 0 Å². The number of hydrogen-bond donors (Lipinski definition) is 1. The number of anilines is 1. The van der Waals surface area contributed by atoms with Crippen molar-refractivity contribution in [2.75, 3.05) is 18.5 Å². The molecule has 0 amide bonds. The Bertz CT molecular complexity index is 384. The molecule has 1 fully saturated rings. The van der Waals surface area contributed by atoms with Crippen molar-refractivity contribution in [2.24, 2.45) is 11.8 Å². The van der Waals surface area contributed by atoms with E-state index >= 15 is 0 Å². The van der Waals surface area contributed by atoms with E-state index in [1.54, 1.807) is 0 Å². The smallest absolute Gasteiger partial charge is 0.0469 e. The van der Waals surface area contributed by atoms with E-state index in [-0.39, 0.29) is 0 Å². The molecule has 92 valence electrons. The molecule has 0 spiro atoms. The molecule has 2 unspecified atom stereocenters. The normalized spacial score (nSPS) is 29.5. The minimum Gasteiger partial charge on any atom is -0.382 e. The first kappa shape index (κ1) is 11.1. The lowest BCUT2D eigenvalue weighted by Gasteiger charge is -2.39. The minimum absolute atomic E-state index is 0.633. The van der Waals surface area contributed by atoms with Gasteiger partial charge in [-0.1, -0.05) is 25.1 Å². The van der Waals surface area contributed by atoms with Gasteiger partial charge in [-0.05, 0) is 42.7 Å². The molecule has 1 saturated heterocycles. The van der Waals surface area contributed by atoms with Gasteiger partial charge < -0.3 is 10.1 Å². The first-order valence-corrected chi connectivity index (χ1v) is 6.77. The fourth-order valence-corrected chi connectivity index (χ4v) is 3.29. The van der Waals surface area contributed by atoms with Crippen LogP contribution >= 0.6 is 0 Å². The highest BCUT2D eigenvalue weighted by molar-refractivity contribution is 5.54. The highest BCUT2D eigenvalue weighted by Gasteiger charge is 2.31. The Morgan fingerprint density at radius 3 is 2.76 bits per heavy atom. The van der Waals surface area contributed by atoms with Crippen molar-refractivity contribution in [2.45, 2.75) is 32.2 Å². The predicted octanol–water partition coefficient (Wildman–Crippen LogP) is 3.09. The van der Waals surface area contributed by atoms with E-state index in [9.17, 15) is 0 Å². The van der Waals surface area contributed by atoms with Gasteiger partial charge in [-0.3, -0.25) is 0 Å². The van der Waals surface area contributed by atoms with Crippen molar-refractivity contribution in [3.05, 3.63) is 29.8 Å². The lowest BCUT2D eigenvalue weighted by molar-refractivity contribution is 0.0543. The maximum absolute atomic E-state index is 5.47. The molecule has 2 aliphatic heterocycles. The Labute approximate surface area is 103 Å². The fraction of sp³-hybridized carbons (Fsp3) is 0.600. The summed E-state index contributed by atoms with van der Waals surface area (Å²) in [7, 11) is 0. The molecule has 2 heteroatoms. The number of rotatable bonds is 1. The van der Waals surface area contributed by atoms with E-state index in [0.717, 1.165) is 25.0 Å². The predicted molar refractivity (Wildman–Crippen MR) is 70.3 cm³/mol. The third-order valence-corrected chi connectivity index (χ3v) is 4.27. The molecule has 2 nitrogen and oxygen atoms in total. The number of ether oxygens (including phenoxy) is 1. The van der Waals surface area contributed by atoms with Crippen molar-refractivity contribution in [1.82, 2.24) is 0 Å². The summed E-state index contributed by atoms with van der Waals surface area (Å²) in [6, 6.07) is 9.37. The Hall–Kier alpha value is -1.02. The fourth-order valence-electron chi connectivity index (χ4n) is 3.29. The largest absolute Gasteiger partial charge is 0.382 e. The van der Waals surface area contributed by atoms with Crippen LogP contribution in [0.15, 0.2) is 24.3 Å². The average Bonchev–Trinajstić information content (AvgIpc) is 2.39. The van der Waals surface area contributed by atoms with Crippen molar-refractivity contribution in [3.63, 3.8) is 0 Å². The first-order chi connectivity index (χ1) is 8.34. The summed E-state index contributed by atoms with van der Waals surface area (Å²) in [6.07, 6.45) is 3.64. The summed E-state index contributed by atoms with van der Waals surface area (Å²) in [5.41, 5.74) is 2.82. The van der Waals surface area contributed by atoms with Crippen molar-refractivity contribution < 1.29 is 4.74 Å². The number of hydrogen-bond acceptors (Lipinski definition) is 2. The Morgan fingerprint density at radius 2 is 1.94 bits per heavy atom. The van der Waals surface area contributed by atoms with Gasteiger partial charge in [0.15, 0.2) is 0 Å². The Morgan fingerprint density at radius 1 is 1.18 bits per heavy atom. The molecule has 2 aliphatic rings. The first-order valence-electron chi connectivity index (χ1n) is 6.77. The second-order valence-electron chi connectivity index (χ2n) is 5.46. The SMILES string of the molecule is CC1Cc2ccccc2NC1C1CCOCC1. The highest BCUT2D eigenvalue weighted by atomic mass is 16.5. The van der Waals surface area contributed by atoms with Gasteiger partial charge in [0.2, 0.25) is 0 Å². The Balaban J connectivity index is 1.79. The number of fused-ring (bicyclic) bond motifs is 1. The molecule has 0 aromatic heterocycles. The molecule has 3 rings (SSSR count). The maximum Gasteiger partial charge on any atom is 0.0469 e. The van der Waals surface area contributed by atoms with E-state index < -0.39 is 0 Å². The molecule has 2 heterocycles. The molecule has 1 aromatic rings. The second-order valence-corrected chi connectivity index (χ2v) is 5.46. The van der Waals surface area contributed by atoms with E-state index in [1.807, 2.05) is 0 Å². The van der Waals surface area contributed by atoms with Gasteiger partial charge in [0.25, 0.3) is 0 Å². The summed E-state index contributed by atoms with van der Waals surface area (Å²) in [5, 5.41) is 3.76. The molecule has 2 atom stereocenters. The van der Waals surface area contributed by atoms with Crippen molar-refractivity contribution in [3.8, 4) is 0 Å². The van der Waals surface area contributed by atoms with Crippen LogP contribution < -0.4 is 5.32 Å². The van der Waals surface area contributed by atoms with Crippen molar-refractivity contribution >= 4 is 5.69 Å². The summed E-state index contributed by atoms with van der Waals surface area (Å²) in [6.45, 7) is 4.26. The standard InChI is InChI=1S/C15H21NO/c1-11-10-13-4-2-3-5-14(13)16-15(11)12-6-8-17-9-7-12/h2-5,11-12,15-16H,6-10H2,1H3. The van der Waals surface area contributed by atoms with Gasteiger partial charge >= 0.3 is 0 Å². The maximum atomic E-state index is 5.47. The molecule has 0 bridgehead atoms. The average molecular weight is 231 g/mol. The van der Waals surface area contributed by atoms with E-state index in [4.69, 9.17) is 4.74 Å². The topological polar surface area (TPSA) is 21.3 Å². The van der Waals surface area contributed by atoms with Crippen LogP contribution in [0.4, 0.5) is 5.69 Å². The third kappa shape index (κ3) is 2.19. The quantitative estimate of drug-likeness (QED) is 0.802. The monoisotopic (exact) mass is 231 g/mol. The third-order valence-electron chi connectivity index (χ3n) is 4.27. The second kappa shape index (κ2) is 4.69. The summed E-state index contributed by atoms with van der Waals surface area (Å²) >= 11 is 0. The van der Waals surface area contributed by atoms with E-state index in [1.165, 1.54) is 30.5 Å². The van der Waals surface area contributed by atoms with Crippen LogP contribution in [0.5, 0.6) is 0 Å². The number of nitrogens with one attached hydrogen (secondary N) is 1. The van der Waals surface area contributed by atoms with Crippen molar-refractivity contribution in [1.29, 1.82) is 0 Å². The summed E-state index contributed by atoms with van der Waals surface area (Å²) in [5.74, 6) is 1.51. The molecule has 0 radical (unpaired) electrons. The van der Waals surface area contributed by atoms with Crippen LogP contribution in [0.2, 0.25) is 0 Å². The minimum atomic E-state index is 0.633. The lowest BCUT2D eigenvalue weighted by atomic mass is 9.79. The Kier molecular flexibility index (Phi) is 3.06. The zero-order valence-corrected chi connectivity index (χ0v) is 10.5. The molecule has 0 saturated carbocycles. The molecule has 17 heavy (non-hydrogen) atoms. The zero-order valence-electron chi connectivity index (χ0n) is 10.5. The molecular formula is C15H21NO. The van der Waals surface area contributed by atoms with Gasteiger partial charge in [-0.15, -0.1) is 0 Å². The van der Waals surface area contributed by atoms with Crippen LogP contribution in [-0.2, 0) is 11.2 Å². The number of benzene rings is 1. The van der Waals surface area contributed by atoms with Gasteiger partial charge in [-0.25, -0.2) is 0 Å². The van der Waals surface area contributed by atoms with Crippen LogP contribution in [-0.4, -0.2) is 19.3 Å². The highest BCUT2D eigenvalue weighted by Crippen LogP contribution is 2.34. The molecule has 0 aliphatic carbocycles. The number of para-hydroxylation sites is 1. The van der Waals surface area contributed by atoms with Crippen LogP contribution in [0.3, 0.4) is 0 Å². The van der Waals surface area contributed by atoms with E-state index in [0.29, 0.717) is 6.04 Å². The van der Waals surface area contributed by atoms with Gasteiger partial charge in [0, 0.05) is 24.9 Å². The van der Waals surface area contributed by atoms with Crippen LogP contribution in [0.25, 0.3) is 0 Å². The lowest BCUT2D eigenvalue weighted by Crippen LogP contribution is -2.41. The molecular weight excluding hydrogens is 210 g/mol. The van der Waals surface area contributed by atoms with Gasteiger partial charge in [-0.2, -0.15) is 0 Å². The summed E-state index contributed by atoms with van der Waals surface area (Å²) in [4.78, 5) is 0. The van der Waals surface area contributed by atoms with Crippen LogP contribution in [0.1, 0.15) is 25.3 Å². The molecule has 1 aromatic carbocycles. The van der Waals surface area contributed by atoms with E-state index in [2.05, 4.69) is 36.5 Å². The summed E-state index contributed by atoms with van der Waals surface area (Å²) < 4.78 is 5.47. The van der Waals surface area contributed by atoms with Crippen LogP contribution in [0, 0.1) is 11.8 Å².